The van der Waals surface area contributed by atoms with Gasteiger partial charge in [0.1, 0.15) is 0 Å². The van der Waals surface area contributed by atoms with E-state index in [4.69, 9.17) is 14.2 Å². The van der Waals surface area contributed by atoms with Crippen LogP contribution < -0.4 is 5.32 Å². The number of ether oxygens (including phenoxy) is 3. The van der Waals surface area contributed by atoms with Crippen molar-refractivity contribution in [3.8, 4) is 0 Å². The van der Waals surface area contributed by atoms with Gasteiger partial charge in [0.05, 0.1) is 26.4 Å². The van der Waals surface area contributed by atoms with Gasteiger partial charge in [-0.3, -0.25) is 0 Å². The van der Waals surface area contributed by atoms with E-state index in [1.807, 2.05) is 0 Å². The van der Waals surface area contributed by atoms with Gasteiger partial charge in [0.2, 0.25) is 0 Å². The predicted molar refractivity (Wildman–Crippen MR) is 88.8 cm³/mol. The minimum absolute atomic E-state index is 0.166. The van der Waals surface area contributed by atoms with Gasteiger partial charge in [-0.25, -0.2) is 0 Å². The van der Waals surface area contributed by atoms with Crippen molar-refractivity contribution in [1.82, 2.24) is 5.32 Å². The third kappa shape index (κ3) is 13.2. The summed E-state index contributed by atoms with van der Waals surface area (Å²) in [6, 6.07) is 0. The van der Waals surface area contributed by atoms with E-state index in [1.54, 1.807) is 7.11 Å². The number of hydrogen-bond donors (Lipinski definition) is 1. The zero-order valence-electron chi connectivity index (χ0n) is 15.3. The summed E-state index contributed by atoms with van der Waals surface area (Å²) in [4.78, 5) is 0. The van der Waals surface area contributed by atoms with E-state index in [2.05, 4.69) is 46.9 Å². The summed E-state index contributed by atoms with van der Waals surface area (Å²) in [6.45, 7) is 17.9. The monoisotopic (exact) mass is 303 g/mol. The van der Waals surface area contributed by atoms with Gasteiger partial charge >= 0.3 is 0 Å². The molecule has 0 aromatic carbocycles. The summed E-state index contributed by atoms with van der Waals surface area (Å²) in [5.74, 6) is 0.603. The van der Waals surface area contributed by atoms with Gasteiger partial charge in [0.25, 0.3) is 0 Å². The molecule has 4 nitrogen and oxygen atoms in total. The van der Waals surface area contributed by atoms with Gasteiger partial charge in [-0.15, -0.1) is 0 Å². The molecule has 0 radical (unpaired) electrons. The lowest BCUT2D eigenvalue weighted by molar-refractivity contribution is 0.0178. The van der Waals surface area contributed by atoms with Crippen LogP contribution in [0.4, 0.5) is 0 Å². The molecule has 0 aliphatic carbocycles. The maximum atomic E-state index is 5.68. The highest BCUT2D eigenvalue weighted by Crippen LogP contribution is 2.28. The van der Waals surface area contributed by atoms with E-state index in [0.29, 0.717) is 32.3 Å². The average Bonchev–Trinajstić information content (AvgIpc) is 2.33. The third-order valence-electron chi connectivity index (χ3n) is 3.52. The van der Waals surface area contributed by atoms with Gasteiger partial charge in [-0.1, -0.05) is 20.8 Å². The predicted octanol–water partition coefficient (Wildman–Crippen LogP) is 3.11. The fraction of sp³-hybridized carbons (Fsp3) is 1.00. The highest BCUT2D eigenvalue weighted by atomic mass is 16.5. The Morgan fingerprint density at radius 1 is 0.810 bits per heavy atom. The van der Waals surface area contributed by atoms with Crippen molar-refractivity contribution in [2.75, 3.05) is 46.7 Å². The van der Waals surface area contributed by atoms with Crippen LogP contribution in [0.2, 0.25) is 0 Å². The minimum Gasteiger partial charge on any atom is -0.382 e. The van der Waals surface area contributed by atoms with Crippen LogP contribution in [0, 0.1) is 11.3 Å². The highest BCUT2D eigenvalue weighted by molar-refractivity contribution is 4.80. The average molecular weight is 303 g/mol. The van der Waals surface area contributed by atoms with Crippen LogP contribution >= 0.6 is 0 Å². The molecule has 0 saturated carbocycles. The van der Waals surface area contributed by atoms with Crippen molar-refractivity contribution in [2.45, 2.75) is 53.5 Å². The molecule has 0 aliphatic rings. The van der Waals surface area contributed by atoms with E-state index in [1.165, 1.54) is 0 Å². The molecule has 0 rings (SSSR count). The molecule has 0 aromatic heterocycles. The molecule has 1 unspecified atom stereocenters. The largest absolute Gasteiger partial charge is 0.382 e. The molecule has 0 aromatic rings. The van der Waals surface area contributed by atoms with Crippen LogP contribution in [0.1, 0.15) is 48.0 Å². The van der Waals surface area contributed by atoms with Gasteiger partial charge in [-0.2, -0.15) is 0 Å². The molecule has 1 atom stereocenters. The van der Waals surface area contributed by atoms with Gasteiger partial charge in [-0.05, 0) is 45.1 Å². The molecule has 0 spiro atoms. The first-order valence-electron chi connectivity index (χ1n) is 8.06. The van der Waals surface area contributed by atoms with Gasteiger partial charge in [0, 0.05) is 19.3 Å². The summed E-state index contributed by atoms with van der Waals surface area (Å²) in [5, 5.41) is 3.61. The van der Waals surface area contributed by atoms with Crippen molar-refractivity contribution in [3.05, 3.63) is 0 Å². The summed E-state index contributed by atoms with van der Waals surface area (Å²) >= 11 is 0. The lowest BCUT2D eigenvalue weighted by Crippen LogP contribution is -2.42. The molecule has 0 amide bonds. The summed E-state index contributed by atoms with van der Waals surface area (Å²) in [5.41, 5.74) is 0.454. The van der Waals surface area contributed by atoms with Gasteiger partial charge in [0.15, 0.2) is 0 Å². The minimum atomic E-state index is 0.166. The first kappa shape index (κ1) is 20.8. The van der Waals surface area contributed by atoms with Crippen LogP contribution in [-0.4, -0.2) is 52.2 Å². The maximum absolute atomic E-state index is 5.68. The SMILES string of the molecule is COCCOCCOCCC(CNC(C)(C)C)C(C)(C)C. The first-order valence-corrected chi connectivity index (χ1v) is 8.06. The van der Waals surface area contributed by atoms with Gasteiger partial charge < -0.3 is 19.5 Å². The Bertz CT molecular complexity index is 243. The number of methoxy groups -OCH3 is 1. The number of hydrogen-bond acceptors (Lipinski definition) is 4. The molecule has 1 N–H and O–H groups in total. The maximum Gasteiger partial charge on any atom is 0.0701 e. The van der Waals surface area contributed by atoms with Crippen LogP contribution in [-0.2, 0) is 14.2 Å². The second-order valence-electron chi connectivity index (χ2n) is 7.70. The molecular formula is C17H37NO3. The Balaban J connectivity index is 3.83. The van der Waals surface area contributed by atoms with Crippen LogP contribution in [0.15, 0.2) is 0 Å². The van der Waals surface area contributed by atoms with Crippen molar-refractivity contribution in [1.29, 1.82) is 0 Å². The van der Waals surface area contributed by atoms with Crippen molar-refractivity contribution in [3.63, 3.8) is 0 Å². The van der Waals surface area contributed by atoms with E-state index >= 15 is 0 Å². The molecule has 0 aliphatic heterocycles. The lowest BCUT2D eigenvalue weighted by atomic mass is 9.78. The Morgan fingerprint density at radius 2 is 1.33 bits per heavy atom. The molecule has 0 bridgehead atoms. The fourth-order valence-corrected chi connectivity index (χ4v) is 1.96. The van der Waals surface area contributed by atoms with E-state index in [9.17, 15) is 0 Å². The van der Waals surface area contributed by atoms with Crippen molar-refractivity contribution < 1.29 is 14.2 Å². The Kier molecular flexibility index (Phi) is 10.5. The first-order chi connectivity index (χ1) is 9.67. The fourth-order valence-electron chi connectivity index (χ4n) is 1.96. The number of rotatable bonds is 11. The molecule has 21 heavy (non-hydrogen) atoms. The topological polar surface area (TPSA) is 39.7 Å². The number of nitrogens with one attached hydrogen (secondary N) is 1. The van der Waals surface area contributed by atoms with E-state index < -0.39 is 0 Å². The molecule has 0 saturated heterocycles. The standard InChI is InChI=1S/C17H37NO3/c1-16(2,3)15(14-18-17(4,5)6)8-9-20-12-13-21-11-10-19-7/h15,18H,8-14H2,1-7H3. The third-order valence-corrected chi connectivity index (χ3v) is 3.52. The summed E-state index contributed by atoms with van der Waals surface area (Å²) < 4.78 is 16.0. The molecular weight excluding hydrogens is 266 g/mol. The van der Waals surface area contributed by atoms with Crippen LogP contribution in [0.25, 0.3) is 0 Å². The molecule has 0 heterocycles. The molecule has 0 fully saturated rings. The van der Waals surface area contributed by atoms with Crippen LogP contribution in [0.3, 0.4) is 0 Å². The zero-order chi connectivity index (χ0) is 16.4. The quantitative estimate of drug-likeness (QED) is 0.595. The Labute approximate surface area is 131 Å². The summed E-state index contributed by atoms with van der Waals surface area (Å²) in [7, 11) is 1.68. The molecule has 4 heteroatoms. The second kappa shape index (κ2) is 10.5. The Hall–Kier alpha value is -0.160. The second-order valence-corrected chi connectivity index (χ2v) is 7.70. The van der Waals surface area contributed by atoms with E-state index in [-0.39, 0.29) is 11.0 Å². The van der Waals surface area contributed by atoms with Crippen molar-refractivity contribution >= 4 is 0 Å². The lowest BCUT2D eigenvalue weighted by Gasteiger charge is -2.34. The highest BCUT2D eigenvalue weighted by Gasteiger charge is 2.25. The van der Waals surface area contributed by atoms with E-state index in [0.717, 1.165) is 19.6 Å². The normalized spacial score (nSPS) is 14.4. The van der Waals surface area contributed by atoms with Crippen LogP contribution in [0.5, 0.6) is 0 Å². The zero-order valence-corrected chi connectivity index (χ0v) is 15.3. The summed E-state index contributed by atoms with van der Waals surface area (Å²) in [6.07, 6.45) is 1.07. The van der Waals surface area contributed by atoms with Crippen molar-refractivity contribution in [2.24, 2.45) is 11.3 Å². The Morgan fingerprint density at radius 3 is 1.81 bits per heavy atom. The molecule has 128 valence electrons. The smallest absolute Gasteiger partial charge is 0.0701 e.